The van der Waals surface area contributed by atoms with E-state index in [0.29, 0.717) is 12.8 Å². The van der Waals surface area contributed by atoms with Crippen molar-refractivity contribution < 1.29 is 18.8 Å². The molecule has 13 heavy (non-hydrogen) atoms. The second-order valence-electron chi connectivity index (χ2n) is 2.59. The van der Waals surface area contributed by atoms with Gasteiger partial charge in [-0.25, -0.2) is 0 Å². The summed E-state index contributed by atoms with van der Waals surface area (Å²) in [6.45, 7) is 3.07. The van der Waals surface area contributed by atoms with Crippen LogP contribution < -0.4 is 4.89 Å². The third-order valence-corrected chi connectivity index (χ3v) is 3.01. The van der Waals surface area contributed by atoms with Gasteiger partial charge in [-0.3, -0.25) is 4.79 Å². The van der Waals surface area contributed by atoms with E-state index in [2.05, 4.69) is 4.52 Å². The van der Waals surface area contributed by atoms with Crippen molar-refractivity contribution in [3.05, 3.63) is 0 Å². The van der Waals surface area contributed by atoms with E-state index in [-0.39, 0.29) is 0 Å². The van der Waals surface area contributed by atoms with Gasteiger partial charge in [0.1, 0.15) is 4.87 Å². The average molecular weight is 227 g/mol. The van der Waals surface area contributed by atoms with Gasteiger partial charge in [-0.2, -0.15) is 0 Å². The highest BCUT2D eigenvalue weighted by Crippen LogP contribution is 2.26. The van der Waals surface area contributed by atoms with Gasteiger partial charge in [0.25, 0.3) is 0 Å². The first-order valence-electron chi connectivity index (χ1n) is 3.95. The van der Waals surface area contributed by atoms with Crippen molar-refractivity contribution in [3.63, 3.8) is 0 Å². The quantitative estimate of drug-likeness (QED) is 0.507. The van der Waals surface area contributed by atoms with Crippen molar-refractivity contribution >= 4 is 25.6 Å². The lowest BCUT2D eigenvalue weighted by Crippen LogP contribution is -2.33. The molecule has 0 spiro atoms. The molecular formula is C7H12ClO4P. The van der Waals surface area contributed by atoms with Gasteiger partial charge in [0.05, 0.1) is 0 Å². The Kier molecular flexibility index (Phi) is 5.65. The topological polar surface area (TPSA) is 66.4 Å². The van der Waals surface area contributed by atoms with Crippen LogP contribution >= 0.6 is 19.9 Å². The first-order valence-corrected chi connectivity index (χ1v) is 5.43. The molecule has 4 nitrogen and oxygen atoms in total. The van der Waals surface area contributed by atoms with Gasteiger partial charge in [0.2, 0.25) is 0 Å². The molecule has 0 aliphatic carbocycles. The maximum atomic E-state index is 11.3. The van der Waals surface area contributed by atoms with Crippen LogP contribution in [0, 0.1) is 0 Å². The van der Waals surface area contributed by atoms with Crippen molar-refractivity contribution in [1.82, 2.24) is 0 Å². The number of rotatable bonds is 6. The lowest BCUT2D eigenvalue weighted by Gasteiger charge is -2.20. The van der Waals surface area contributed by atoms with Crippen molar-refractivity contribution in [2.75, 3.05) is 6.61 Å². The summed E-state index contributed by atoms with van der Waals surface area (Å²) in [6.07, 6.45) is 0.922. The maximum absolute atomic E-state index is 11.3. The summed E-state index contributed by atoms with van der Waals surface area (Å²) >= 11 is 5.92. The number of hydrogen-bond donors (Lipinski definition) is 0. The Balaban J connectivity index is 4.15. The van der Waals surface area contributed by atoms with Gasteiger partial charge in [-0.15, -0.1) is 16.1 Å². The number of halogens is 1. The minimum Gasteiger partial charge on any atom is -0.566 e. The molecule has 0 aromatic carbocycles. The highest BCUT2D eigenvalue weighted by Gasteiger charge is 2.33. The molecule has 0 amide bonds. The molecule has 0 heterocycles. The molecule has 0 bridgehead atoms. The molecule has 6 heteroatoms. The Bertz CT molecular complexity index is 203. The van der Waals surface area contributed by atoms with E-state index in [0.717, 1.165) is 0 Å². The normalized spacial score (nSPS) is 12.8. The summed E-state index contributed by atoms with van der Waals surface area (Å²) in [7, 11) is -2.97. The van der Waals surface area contributed by atoms with E-state index in [9.17, 15) is 14.3 Å². The number of ketones is 1. The Morgan fingerprint density at radius 2 is 2.00 bits per heavy atom. The number of carbonyl (C=O) groups is 1. The standard InChI is InChI=1S/C7H12ClO4P/c1-3-7(8,4-2)6(9)5-12-13(10)11/h3-5H2,1-2H3. The van der Waals surface area contributed by atoms with E-state index in [1.54, 1.807) is 13.8 Å². The molecular weight excluding hydrogens is 214 g/mol. The first-order chi connectivity index (χ1) is 5.96. The van der Waals surface area contributed by atoms with Crippen LogP contribution in [0.25, 0.3) is 0 Å². The second kappa shape index (κ2) is 5.66. The third kappa shape index (κ3) is 4.14. The van der Waals surface area contributed by atoms with E-state index < -0.39 is 25.5 Å². The minimum atomic E-state index is -2.97. The van der Waals surface area contributed by atoms with Crippen molar-refractivity contribution in [3.8, 4) is 0 Å². The smallest absolute Gasteiger partial charge is 0.488 e. The zero-order valence-corrected chi connectivity index (χ0v) is 9.23. The number of carbonyl (C=O) groups excluding carboxylic acids is 1. The second-order valence-corrected chi connectivity index (χ2v) is 4.02. The van der Waals surface area contributed by atoms with E-state index in [1.807, 2.05) is 0 Å². The summed E-state index contributed by atoms with van der Waals surface area (Å²) in [5.41, 5.74) is 0. The van der Waals surface area contributed by atoms with E-state index in [4.69, 9.17) is 11.6 Å². The van der Waals surface area contributed by atoms with Gasteiger partial charge in [-0.1, -0.05) is 13.8 Å². The first kappa shape index (κ1) is 13.0. The molecule has 0 saturated heterocycles. The molecule has 0 radical (unpaired) electrons. The molecule has 0 N–H and O–H groups in total. The predicted molar refractivity (Wildman–Crippen MR) is 47.7 cm³/mol. The van der Waals surface area contributed by atoms with Gasteiger partial charge >= 0.3 is 8.25 Å². The molecule has 0 fully saturated rings. The van der Waals surface area contributed by atoms with Crippen LogP contribution in [0.3, 0.4) is 0 Å². The van der Waals surface area contributed by atoms with Gasteiger partial charge in [0.15, 0.2) is 12.4 Å². The summed E-state index contributed by atoms with van der Waals surface area (Å²) < 4.78 is 14.2. The molecule has 1 unspecified atom stereocenters. The van der Waals surface area contributed by atoms with Crippen molar-refractivity contribution in [2.45, 2.75) is 31.6 Å². The molecule has 0 aliphatic heterocycles. The lowest BCUT2D eigenvalue weighted by atomic mass is 9.97. The fourth-order valence-corrected chi connectivity index (χ4v) is 1.16. The Morgan fingerprint density at radius 3 is 2.31 bits per heavy atom. The van der Waals surface area contributed by atoms with Crippen LogP contribution in [0.15, 0.2) is 0 Å². The van der Waals surface area contributed by atoms with Crippen LogP contribution in [0.1, 0.15) is 26.7 Å². The molecule has 0 aromatic heterocycles. The summed E-state index contributed by atoms with van der Waals surface area (Å²) in [4.78, 5) is 20.4. The van der Waals surface area contributed by atoms with E-state index in [1.165, 1.54) is 0 Å². The summed E-state index contributed by atoms with van der Waals surface area (Å²) in [5, 5.41) is 0. The highest BCUT2D eigenvalue weighted by molar-refractivity contribution is 7.30. The van der Waals surface area contributed by atoms with Crippen LogP contribution in [-0.2, 0) is 13.9 Å². The zero-order valence-electron chi connectivity index (χ0n) is 7.58. The Labute approximate surface area is 83.2 Å². The number of alkyl halides is 1. The third-order valence-electron chi connectivity index (χ3n) is 1.92. The number of hydrogen-bond acceptors (Lipinski definition) is 4. The predicted octanol–water partition coefficient (Wildman–Crippen LogP) is 1.39. The lowest BCUT2D eigenvalue weighted by molar-refractivity contribution is -0.186. The largest absolute Gasteiger partial charge is 0.566 e. The number of Topliss-reactive ketones (excluding diaryl/α,β-unsaturated/α-hetero) is 1. The average Bonchev–Trinajstić information content (AvgIpc) is 2.12. The molecule has 76 valence electrons. The monoisotopic (exact) mass is 226 g/mol. The summed E-state index contributed by atoms with van der Waals surface area (Å²) in [5.74, 6) is -0.390. The van der Waals surface area contributed by atoms with Crippen molar-refractivity contribution in [2.24, 2.45) is 0 Å². The van der Waals surface area contributed by atoms with Crippen LogP contribution in [0.4, 0.5) is 0 Å². The van der Waals surface area contributed by atoms with Gasteiger partial charge in [-0.05, 0) is 17.4 Å². The summed E-state index contributed by atoms with van der Waals surface area (Å²) in [6, 6.07) is 0. The zero-order chi connectivity index (χ0) is 10.5. The fourth-order valence-electron chi connectivity index (χ4n) is 0.885. The Hall–Kier alpha value is -0.0200. The highest BCUT2D eigenvalue weighted by atomic mass is 35.5. The molecule has 0 aromatic rings. The van der Waals surface area contributed by atoms with Crippen LogP contribution in [0.5, 0.6) is 0 Å². The molecule has 0 rings (SSSR count). The maximum Gasteiger partial charge on any atom is 0.488 e. The molecule has 1 atom stereocenters. The SMILES string of the molecule is CCC(Cl)(CC)C(=O)CO[P+](=O)[O-]. The van der Waals surface area contributed by atoms with Gasteiger partial charge < -0.3 is 4.89 Å². The molecule has 0 aliphatic rings. The van der Waals surface area contributed by atoms with Crippen LogP contribution in [-0.4, -0.2) is 17.3 Å². The van der Waals surface area contributed by atoms with E-state index >= 15 is 0 Å². The van der Waals surface area contributed by atoms with Gasteiger partial charge in [0, 0.05) is 0 Å². The van der Waals surface area contributed by atoms with Crippen molar-refractivity contribution in [1.29, 1.82) is 0 Å². The minimum absolute atomic E-state index is 0.390. The fraction of sp³-hybridized carbons (Fsp3) is 0.857. The van der Waals surface area contributed by atoms with Crippen LogP contribution in [0.2, 0.25) is 0 Å². The molecule has 0 saturated carbocycles. The Morgan fingerprint density at radius 1 is 1.54 bits per heavy atom.